The fourth-order valence-electron chi connectivity index (χ4n) is 7.07. The number of rotatable bonds is 11. The number of ether oxygens (including phenoxy) is 2. The molecule has 0 aliphatic heterocycles. The van der Waals surface area contributed by atoms with Crippen molar-refractivity contribution in [2.24, 2.45) is 35.5 Å². The van der Waals surface area contributed by atoms with E-state index >= 15 is 0 Å². The Morgan fingerprint density at radius 3 is 1.68 bits per heavy atom. The minimum atomic E-state index is -2.11. The molecule has 4 fully saturated rings. The largest absolute Gasteiger partial charge is 0.481 e. The summed E-state index contributed by atoms with van der Waals surface area (Å²) in [4.78, 5) is 51.2. The van der Waals surface area contributed by atoms with Crippen LogP contribution in [0, 0.1) is 35.5 Å². The number of nitrogens with one attached hydrogen (secondary N) is 2. The smallest absolute Gasteiger partial charge is 0.339 e. The Bertz CT molecular complexity index is 828. The second kappa shape index (κ2) is 9.81. The van der Waals surface area contributed by atoms with Crippen LogP contribution in [0.3, 0.4) is 0 Å². The second-order valence-electron chi connectivity index (χ2n) is 10.6. The number of likely N-dealkylation sites (N-methyl/N-ethyl adjacent to an activating group) is 2. The summed E-state index contributed by atoms with van der Waals surface area (Å²) in [6.07, 6.45) is 6.04. The second-order valence-corrected chi connectivity index (χ2v) is 10.6. The van der Waals surface area contributed by atoms with Crippen LogP contribution in [0.4, 0.5) is 0 Å². The molecule has 0 radical (unpaired) electrons. The molecule has 10 nitrogen and oxygen atoms in total. The first kappa shape index (κ1) is 24.9. The van der Waals surface area contributed by atoms with Gasteiger partial charge >= 0.3 is 23.9 Å². The van der Waals surface area contributed by atoms with Crippen LogP contribution < -0.4 is 10.6 Å². The molecule has 0 spiro atoms. The number of esters is 2. The molecule has 4 aliphatic carbocycles. The average Bonchev–Trinajstić information content (AvgIpc) is 3.58. The topological polar surface area (TPSA) is 151 Å². The predicted octanol–water partition coefficient (Wildman–Crippen LogP) is 1.38. The molecule has 4 rings (SSSR count). The zero-order valence-electron chi connectivity index (χ0n) is 19.8. The van der Waals surface area contributed by atoms with E-state index in [-0.39, 0.29) is 24.0 Å². The van der Waals surface area contributed by atoms with Gasteiger partial charge in [0.1, 0.15) is 18.1 Å². The van der Waals surface area contributed by atoms with Crippen LogP contribution in [0.25, 0.3) is 0 Å². The highest BCUT2D eigenvalue weighted by Crippen LogP contribution is 2.48. The van der Waals surface area contributed by atoms with E-state index in [9.17, 15) is 29.4 Å². The van der Waals surface area contributed by atoms with Gasteiger partial charge in [-0.3, -0.25) is 25.0 Å². The van der Waals surface area contributed by atoms with Crippen molar-refractivity contribution in [1.82, 2.24) is 10.6 Å². The molecule has 4 bridgehead atoms. The standard InChI is InChI=1S/C24H36N2O8/c1-25-24(26-2,23(31)32)20(22(30)34-18-10-13-4-6-15(18)8-13)16(11-19(27)28)21(29)33-17-9-12-3-5-14(17)7-12/h12-18,20,25-26H,3-11H2,1-2H3,(H,27,28)(H,31,32). The molecule has 190 valence electrons. The van der Waals surface area contributed by atoms with Crippen LogP contribution in [-0.4, -0.2) is 66.1 Å². The van der Waals surface area contributed by atoms with E-state index < -0.39 is 47.8 Å². The Morgan fingerprint density at radius 1 is 0.824 bits per heavy atom. The molecule has 8 unspecified atom stereocenters. The number of hydrogen-bond donors (Lipinski definition) is 4. The van der Waals surface area contributed by atoms with Gasteiger partial charge in [0, 0.05) is 0 Å². The molecule has 0 heterocycles. The van der Waals surface area contributed by atoms with Crippen molar-refractivity contribution in [2.45, 2.75) is 75.7 Å². The first-order chi connectivity index (χ1) is 16.2. The molecule has 0 aromatic carbocycles. The molecule has 4 aliphatic rings. The molecular formula is C24H36N2O8. The number of carbonyl (C=O) groups excluding carboxylic acids is 2. The zero-order valence-corrected chi connectivity index (χ0v) is 19.8. The van der Waals surface area contributed by atoms with Crippen molar-refractivity contribution >= 4 is 23.9 Å². The van der Waals surface area contributed by atoms with Crippen molar-refractivity contribution in [2.75, 3.05) is 14.1 Å². The third-order valence-corrected chi connectivity index (χ3v) is 8.83. The molecule has 0 aromatic heterocycles. The van der Waals surface area contributed by atoms with Crippen molar-refractivity contribution in [3.05, 3.63) is 0 Å². The first-order valence-corrected chi connectivity index (χ1v) is 12.4. The van der Waals surface area contributed by atoms with Gasteiger partial charge in [0.25, 0.3) is 0 Å². The van der Waals surface area contributed by atoms with E-state index in [1.807, 2.05) is 0 Å². The quantitative estimate of drug-likeness (QED) is 0.252. The minimum Gasteiger partial charge on any atom is -0.481 e. The van der Waals surface area contributed by atoms with E-state index in [4.69, 9.17) is 9.47 Å². The highest BCUT2D eigenvalue weighted by molar-refractivity contribution is 5.92. The van der Waals surface area contributed by atoms with Gasteiger partial charge in [-0.05, 0) is 89.1 Å². The van der Waals surface area contributed by atoms with Gasteiger partial charge < -0.3 is 19.7 Å². The molecule has 10 heteroatoms. The number of carboxylic acid groups (broad SMARTS) is 2. The summed E-state index contributed by atoms with van der Waals surface area (Å²) in [7, 11) is 2.70. The number of carbonyl (C=O) groups is 4. The van der Waals surface area contributed by atoms with Gasteiger partial charge in [-0.25, -0.2) is 4.79 Å². The monoisotopic (exact) mass is 480 g/mol. The van der Waals surface area contributed by atoms with Crippen LogP contribution in [0.2, 0.25) is 0 Å². The van der Waals surface area contributed by atoms with E-state index in [0.29, 0.717) is 18.3 Å². The van der Waals surface area contributed by atoms with E-state index in [0.717, 1.165) is 44.9 Å². The summed E-state index contributed by atoms with van der Waals surface area (Å²) >= 11 is 0. The van der Waals surface area contributed by atoms with Gasteiger partial charge in [0.05, 0.1) is 12.3 Å². The summed E-state index contributed by atoms with van der Waals surface area (Å²) in [5, 5.41) is 25.0. The molecular weight excluding hydrogens is 444 g/mol. The number of aliphatic carboxylic acids is 2. The van der Waals surface area contributed by atoms with Crippen LogP contribution in [0.1, 0.15) is 57.8 Å². The van der Waals surface area contributed by atoms with Crippen LogP contribution in [0.5, 0.6) is 0 Å². The highest BCUT2D eigenvalue weighted by atomic mass is 16.6. The van der Waals surface area contributed by atoms with Crippen molar-refractivity contribution in [3.8, 4) is 0 Å². The first-order valence-electron chi connectivity index (χ1n) is 12.4. The molecule has 0 saturated heterocycles. The Kier molecular flexibility index (Phi) is 7.19. The maximum absolute atomic E-state index is 13.6. The van der Waals surface area contributed by atoms with E-state index in [1.54, 1.807) is 0 Å². The lowest BCUT2D eigenvalue weighted by Gasteiger charge is -2.39. The number of hydrogen-bond acceptors (Lipinski definition) is 8. The molecule has 0 amide bonds. The third kappa shape index (κ3) is 4.54. The lowest BCUT2D eigenvalue weighted by atomic mass is 9.78. The lowest BCUT2D eigenvalue weighted by Crippen LogP contribution is -2.69. The van der Waals surface area contributed by atoms with Gasteiger partial charge in [-0.1, -0.05) is 0 Å². The summed E-state index contributed by atoms with van der Waals surface area (Å²) in [5.74, 6) is -6.24. The van der Waals surface area contributed by atoms with Crippen LogP contribution >= 0.6 is 0 Å². The summed E-state index contributed by atoms with van der Waals surface area (Å²) < 4.78 is 11.6. The normalized spacial score (nSPS) is 33.5. The Morgan fingerprint density at radius 2 is 1.32 bits per heavy atom. The fraction of sp³-hybridized carbons (Fsp3) is 0.833. The van der Waals surface area contributed by atoms with E-state index in [2.05, 4.69) is 10.6 Å². The Hall–Kier alpha value is -2.20. The Balaban J connectivity index is 1.62. The van der Waals surface area contributed by atoms with Crippen LogP contribution in [0.15, 0.2) is 0 Å². The summed E-state index contributed by atoms with van der Waals surface area (Å²) in [5.41, 5.74) is -2.11. The van der Waals surface area contributed by atoms with Crippen LogP contribution in [-0.2, 0) is 28.7 Å². The minimum absolute atomic E-state index is 0.219. The van der Waals surface area contributed by atoms with Gasteiger partial charge in [0.2, 0.25) is 0 Å². The van der Waals surface area contributed by atoms with E-state index in [1.165, 1.54) is 14.1 Å². The van der Waals surface area contributed by atoms with Gasteiger partial charge in [0.15, 0.2) is 5.66 Å². The lowest BCUT2D eigenvalue weighted by molar-refractivity contribution is -0.180. The molecule has 4 N–H and O–H groups in total. The average molecular weight is 481 g/mol. The van der Waals surface area contributed by atoms with Crippen molar-refractivity contribution in [3.63, 3.8) is 0 Å². The maximum Gasteiger partial charge on any atom is 0.339 e. The summed E-state index contributed by atoms with van der Waals surface area (Å²) in [6.45, 7) is 0. The fourth-order valence-corrected chi connectivity index (χ4v) is 7.07. The molecule has 34 heavy (non-hydrogen) atoms. The SMILES string of the molecule is CNC(NC)(C(=O)O)C(C(=O)OC1CC2CCC1C2)C(CC(=O)O)C(=O)OC1CC2CCC1C2. The molecule has 8 atom stereocenters. The third-order valence-electron chi connectivity index (χ3n) is 8.83. The zero-order chi connectivity index (χ0) is 24.6. The highest BCUT2D eigenvalue weighted by Gasteiger charge is 2.57. The van der Waals surface area contributed by atoms with Gasteiger partial charge in [-0.15, -0.1) is 0 Å². The predicted molar refractivity (Wildman–Crippen MR) is 118 cm³/mol. The van der Waals surface area contributed by atoms with Crippen molar-refractivity contribution in [1.29, 1.82) is 0 Å². The number of fused-ring (bicyclic) bond motifs is 4. The van der Waals surface area contributed by atoms with Crippen molar-refractivity contribution < 1.29 is 38.9 Å². The van der Waals surface area contributed by atoms with Gasteiger partial charge in [-0.2, -0.15) is 0 Å². The number of carboxylic acids is 2. The molecule has 4 saturated carbocycles. The maximum atomic E-state index is 13.6. The summed E-state index contributed by atoms with van der Waals surface area (Å²) in [6, 6.07) is 0. The molecule has 0 aromatic rings. The Labute approximate surface area is 199 Å².